The smallest absolute Gasteiger partial charge is 0.223 e. The molecule has 0 amide bonds. The van der Waals surface area contributed by atoms with Crippen LogP contribution in [0.1, 0.15) is 46.0 Å². The molecule has 6 heteroatoms. The lowest BCUT2D eigenvalue weighted by Gasteiger charge is -2.34. The molecule has 2 N–H and O–H groups in total. The largest absolute Gasteiger partial charge is 0.392 e. The Bertz CT molecular complexity index is 387. The molecular weight excluding hydrogens is 268 g/mol. The van der Waals surface area contributed by atoms with Crippen molar-refractivity contribution in [2.45, 2.75) is 57.2 Å². The van der Waals surface area contributed by atoms with Crippen LogP contribution in [0.2, 0.25) is 0 Å². The molecule has 4 nitrogen and oxygen atoms in total. The van der Waals surface area contributed by atoms with Crippen LogP contribution in [0.4, 0.5) is 0 Å². The zero-order chi connectivity index (χ0) is 13.9. The Morgan fingerprint density at radius 2 is 1.89 bits per heavy atom. The van der Waals surface area contributed by atoms with E-state index in [-0.39, 0.29) is 11.0 Å². The van der Waals surface area contributed by atoms with Crippen molar-refractivity contribution >= 4 is 27.2 Å². The highest BCUT2D eigenvalue weighted by Crippen LogP contribution is 2.29. The number of nitrogens with two attached hydrogens (primary N) is 1. The molecule has 0 saturated heterocycles. The van der Waals surface area contributed by atoms with Crippen molar-refractivity contribution in [1.82, 2.24) is 4.31 Å². The monoisotopic (exact) mass is 292 g/mol. The molecule has 1 aliphatic rings. The van der Waals surface area contributed by atoms with Crippen LogP contribution in [-0.2, 0) is 10.0 Å². The van der Waals surface area contributed by atoms with Gasteiger partial charge in [-0.25, -0.2) is 12.7 Å². The standard InChI is InChI=1S/C12H24N2O2S2/c1-4-11(12(13)17)18(15,16)14(3)10-7-5-9(2)6-8-10/h9-11H,4-8H2,1-3H3,(H2,13,17). The quantitative estimate of drug-likeness (QED) is 0.786. The van der Waals surface area contributed by atoms with Crippen molar-refractivity contribution in [1.29, 1.82) is 0 Å². The van der Waals surface area contributed by atoms with Gasteiger partial charge in [0.15, 0.2) is 0 Å². The second kappa shape index (κ2) is 6.30. The lowest BCUT2D eigenvalue weighted by molar-refractivity contribution is 0.245. The minimum Gasteiger partial charge on any atom is -0.392 e. The topological polar surface area (TPSA) is 63.4 Å². The van der Waals surface area contributed by atoms with Gasteiger partial charge in [0.2, 0.25) is 10.0 Å². The van der Waals surface area contributed by atoms with Crippen LogP contribution in [0.5, 0.6) is 0 Å². The summed E-state index contributed by atoms with van der Waals surface area (Å²) >= 11 is 4.88. The van der Waals surface area contributed by atoms with Gasteiger partial charge >= 0.3 is 0 Å². The molecule has 1 aliphatic carbocycles. The fourth-order valence-corrected chi connectivity index (χ4v) is 4.85. The molecule has 1 fully saturated rings. The Kier molecular flexibility index (Phi) is 5.55. The molecule has 1 unspecified atom stereocenters. The molecule has 18 heavy (non-hydrogen) atoms. The molecule has 1 rings (SSSR count). The summed E-state index contributed by atoms with van der Waals surface area (Å²) in [5.41, 5.74) is 5.55. The maximum Gasteiger partial charge on any atom is 0.223 e. The Balaban J connectivity index is 2.81. The third kappa shape index (κ3) is 3.42. The summed E-state index contributed by atoms with van der Waals surface area (Å²) in [6, 6.07) is 0.106. The number of rotatable bonds is 5. The van der Waals surface area contributed by atoms with Crippen LogP contribution >= 0.6 is 12.2 Å². The zero-order valence-electron chi connectivity index (χ0n) is 11.4. The third-order valence-corrected chi connectivity index (χ3v) is 6.79. The highest BCUT2D eigenvalue weighted by atomic mass is 32.2. The van der Waals surface area contributed by atoms with Crippen molar-refractivity contribution in [3.8, 4) is 0 Å². The number of sulfonamides is 1. The average molecular weight is 292 g/mol. The van der Waals surface area contributed by atoms with Crippen molar-refractivity contribution < 1.29 is 8.42 Å². The van der Waals surface area contributed by atoms with Crippen molar-refractivity contribution in [2.24, 2.45) is 11.7 Å². The molecule has 0 aromatic rings. The summed E-state index contributed by atoms with van der Waals surface area (Å²) in [6.07, 6.45) is 4.49. The van der Waals surface area contributed by atoms with Gasteiger partial charge in [0.1, 0.15) is 5.25 Å². The van der Waals surface area contributed by atoms with E-state index in [1.165, 1.54) is 4.31 Å². The molecular formula is C12H24N2O2S2. The molecule has 0 radical (unpaired) electrons. The molecule has 0 aromatic carbocycles. The lowest BCUT2D eigenvalue weighted by atomic mass is 9.87. The van der Waals surface area contributed by atoms with Gasteiger partial charge in [-0.1, -0.05) is 26.1 Å². The van der Waals surface area contributed by atoms with E-state index in [4.69, 9.17) is 18.0 Å². The maximum atomic E-state index is 12.4. The fraction of sp³-hybridized carbons (Fsp3) is 0.917. The van der Waals surface area contributed by atoms with Gasteiger partial charge in [-0.3, -0.25) is 0 Å². The van der Waals surface area contributed by atoms with E-state index in [2.05, 4.69) is 6.92 Å². The van der Waals surface area contributed by atoms with Crippen LogP contribution in [0, 0.1) is 5.92 Å². The fourth-order valence-electron chi connectivity index (χ4n) is 2.57. The molecule has 0 aromatic heterocycles. The molecule has 1 saturated carbocycles. The van der Waals surface area contributed by atoms with Crippen LogP contribution in [0.25, 0.3) is 0 Å². The van der Waals surface area contributed by atoms with E-state index < -0.39 is 15.3 Å². The minimum absolute atomic E-state index is 0.0773. The first-order valence-corrected chi connectivity index (χ1v) is 8.48. The van der Waals surface area contributed by atoms with Crippen LogP contribution in [-0.4, -0.2) is 36.1 Å². The number of hydrogen-bond acceptors (Lipinski definition) is 3. The van der Waals surface area contributed by atoms with Crippen molar-refractivity contribution in [3.05, 3.63) is 0 Å². The molecule has 0 aliphatic heterocycles. The Morgan fingerprint density at radius 3 is 2.28 bits per heavy atom. The predicted molar refractivity (Wildman–Crippen MR) is 79.0 cm³/mol. The first-order valence-electron chi connectivity index (χ1n) is 6.56. The molecule has 0 bridgehead atoms. The van der Waals surface area contributed by atoms with Crippen LogP contribution in [0.3, 0.4) is 0 Å². The van der Waals surface area contributed by atoms with E-state index in [9.17, 15) is 8.42 Å². The van der Waals surface area contributed by atoms with Crippen LogP contribution < -0.4 is 5.73 Å². The van der Waals surface area contributed by atoms with E-state index in [1.54, 1.807) is 14.0 Å². The highest BCUT2D eigenvalue weighted by Gasteiger charge is 2.35. The molecule has 1 atom stereocenters. The van der Waals surface area contributed by atoms with Crippen molar-refractivity contribution in [2.75, 3.05) is 7.05 Å². The molecule has 0 heterocycles. The van der Waals surface area contributed by atoms with Gasteiger partial charge in [0, 0.05) is 13.1 Å². The van der Waals surface area contributed by atoms with Gasteiger partial charge < -0.3 is 5.73 Å². The normalized spacial score (nSPS) is 27.1. The van der Waals surface area contributed by atoms with Gasteiger partial charge in [-0.2, -0.15) is 0 Å². The predicted octanol–water partition coefficient (Wildman–Crippen LogP) is 1.89. The number of thiocarbonyl (C=S) groups is 1. The summed E-state index contributed by atoms with van der Waals surface area (Å²) in [5, 5.41) is -0.725. The summed E-state index contributed by atoms with van der Waals surface area (Å²) in [7, 11) is -1.74. The van der Waals surface area contributed by atoms with Crippen LogP contribution in [0.15, 0.2) is 0 Å². The van der Waals surface area contributed by atoms with E-state index in [1.807, 2.05) is 0 Å². The summed E-state index contributed by atoms with van der Waals surface area (Å²) in [4.78, 5) is 0.0773. The van der Waals surface area contributed by atoms with Gasteiger partial charge in [0.05, 0.1) is 4.99 Å². The lowest BCUT2D eigenvalue weighted by Crippen LogP contribution is -2.47. The molecule has 0 spiro atoms. The van der Waals surface area contributed by atoms with Gasteiger partial charge in [0.25, 0.3) is 0 Å². The molecule has 106 valence electrons. The third-order valence-electron chi connectivity index (χ3n) is 3.95. The van der Waals surface area contributed by atoms with E-state index in [0.29, 0.717) is 12.3 Å². The first-order chi connectivity index (χ1) is 8.30. The van der Waals surface area contributed by atoms with E-state index in [0.717, 1.165) is 25.7 Å². The highest BCUT2D eigenvalue weighted by molar-refractivity contribution is 7.92. The summed E-state index contributed by atoms with van der Waals surface area (Å²) in [5.74, 6) is 0.704. The Hall–Kier alpha value is -0.200. The van der Waals surface area contributed by atoms with Crippen molar-refractivity contribution in [3.63, 3.8) is 0 Å². The minimum atomic E-state index is -3.40. The summed E-state index contributed by atoms with van der Waals surface area (Å²) in [6.45, 7) is 4.02. The maximum absolute atomic E-state index is 12.4. The number of nitrogens with zero attached hydrogens (tertiary/aromatic N) is 1. The first kappa shape index (κ1) is 15.9. The SMILES string of the molecule is CCC(C(N)=S)S(=O)(=O)N(C)C1CCC(C)CC1. The van der Waals surface area contributed by atoms with Gasteiger partial charge in [-0.05, 0) is 38.0 Å². The Labute approximate surface area is 116 Å². The zero-order valence-corrected chi connectivity index (χ0v) is 13.1. The number of hydrogen-bond donors (Lipinski definition) is 1. The Morgan fingerprint density at radius 1 is 1.39 bits per heavy atom. The average Bonchev–Trinajstić information content (AvgIpc) is 2.29. The van der Waals surface area contributed by atoms with E-state index >= 15 is 0 Å². The van der Waals surface area contributed by atoms with Gasteiger partial charge in [-0.15, -0.1) is 0 Å². The summed E-state index contributed by atoms with van der Waals surface area (Å²) < 4.78 is 26.4. The second-order valence-electron chi connectivity index (χ2n) is 5.27. The second-order valence-corrected chi connectivity index (χ2v) is 7.92.